The molecule has 16 heteroatoms. The molecule has 0 N–H and O–H groups in total. The second-order valence-electron chi connectivity index (χ2n) is 7.94. The fourth-order valence-corrected chi connectivity index (χ4v) is 4.48. The Balaban J connectivity index is 3.03. The van der Waals surface area contributed by atoms with Gasteiger partial charge in [-0.05, 0) is 13.8 Å². The lowest BCUT2D eigenvalue weighted by molar-refractivity contribution is 0.379. The van der Waals surface area contributed by atoms with E-state index in [1.54, 1.807) is 5.92 Å². The van der Waals surface area contributed by atoms with Gasteiger partial charge in [0.25, 0.3) is 0 Å². The average Bonchev–Trinajstić information content (AvgIpc) is 2.93. The van der Waals surface area contributed by atoms with Crippen LogP contribution in [0.15, 0.2) is 11.5 Å². The van der Waals surface area contributed by atoms with Crippen molar-refractivity contribution >= 4 is 22.5 Å². The summed E-state index contributed by atoms with van der Waals surface area (Å²) in [7, 11) is 0. The maximum Gasteiger partial charge on any atom is 0.200 e. The molecule has 0 spiro atoms. The van der Waals surface area contributed by atoms with Crippen LogP contribution >= 0.6 is 0 Å². The maximum atomic E-state index is 15.3. The fraction of sp³-hybridized carbons (Fsp3) is 0.0833. The third kappa shape index (κ3) is 3.93. The summed E-state index contributed by atoms with van der Waals surface area (Å²) in [6.45, 7) is 1.49. The van der Waals surface area contributed by atoms with Crippen LogP contribution < -0.4 is 16.4 Å². The fourth-order valence-electron chi connectivity index (χ4n) is 4.48. The quantitative estimate of drug-likeness (QED) is 0.119. The summed E-state index contributed by atoms with van der Waals surface area (Å²) >= 11 is 0. The smallest absolute Gasteiger partial charge is 0.200 e. The molecule has 0 aliphatic heterocycles. The SMILES string of the molecule is CC#CC(=CC)[B-](c1c(F)c(F)c(F)c(F)c1F)(c1c(F)c(F)c(F)c(F)c1F)c1c(F)c(F)c(F)c(F)c1F. The van der Waals surface area contributed by atoms with Crippen LogP contribution in [-0.4, -0.2) is 6.15 Å². The highest BCUT2D eigenvalue weighted by atomic mass is 19.2. The van der Waals surface area contributed by atoms with Crippen LogP contribution in [0.2, 0.25) is 0 Å². The summed E-state index contributed by atoms with van der Waals surface area (Å²) < 4.78 is 220. The molecule has 0 radical (unpaired) electrons. The molecule has 3 aromatic carbocycles. The van der Waals surface area contributed by atoms with Crippen LogP contribution in [0.3, 0.4) is 0 Å². The number of hydrogen-bond donors (Lipinski definition) is 0. The zero-order valence-electron chi connectivity index (χ0n) is 19.3. The lowest BCUT2D eigenvalue weighted by Crippen LogP contribution is -2.74. The van der Waals surface area contributed by atoms with Crippen LogP contribution in [0.1, 0.15) is 13.8 Å². The third-order valence-corrected chi connectivity index (χ3v) is 6.08. The molecule has 40 heavy (non-hydrogen) atoms. The van der Waals surface area contributed by atoms with E-state index in [1.165, 1.54) is 0 Å². The van der Waals surface area contributed by atoms with Crippen molar-refractivity contribution < 1.29 is 65.9 Å². The van der Waals surface area contributed by atoms with E-state index in [-0.39, 0.29) is 0 Å². The lowest BCUT2D eigenvalue weighted by atomic mass is 9.12. The molecule has 0 aliphatic rings. The Morgan fingerprint density at radius 1 is 0.425 bits per heavy atom. The van der Waals surface area contributed by atoms with E-state index in [4.69, 9.17) is 0 Å². The molecular weight excluding hydrogens is 584 g/mol. The van der Waals surface area contributed by atoms with E-state index in [2.05, 4.69) is 0 Å². The topological polar surface area (TPSA) is 0 Å². The Bertz CT molecular complexity index is 1430. The highest BCUT2D eigenvalue weighted by Gasteiger charge is 2.49. The molecule has 0 unspecified atom stereocenters. The van der Waals surface area contributed by atoms with E-state index < -0.39 is 115 Å². The van der Waals surface area contributed by atoms with Crippen molar-refractivity contribution in [2.24, 2.45) is 0 Å². The first kappa shape index (κ1) is 30.5. The molecule has 0 saturated heterocycles. The number of hydrogen-bond acceptors (Lipinski definition) is 0. The maximum absolute atomic E-state index is 15.3. The first-order valence-electron chi connectivity index (χ1n) is 10.4. The van der Waals surface area contributed by atoms with Gasteiger partial charge in [0.2, 0.25) is 0 Å². The molecule has 0 fully saturated rings. The van der Waals surface area contributed by atoms with E-state index in [0.29, 0.717) is 13.0 Å². The number of benzene rings is 3. The number of halogens is 15. The van der Waals surface area contributed by atoms with Crippen molar-refractivity contribution in [3.63, 3.8) is 0 Å². The van der Waals surface area contributed by atoms with Crippen LogP contribution in [0.5, 0.6) is 0 Å². The van der Waals surface area contributed by atoms with Crippen LogP contribution in [0, 0.1) is 99.1 Å². The summed E-state index contributed by atoms with van der Waals surface area (Å²) in [5.41, 5.74) is -9.74. The summed E-state index contributed by atoms with van der Waals surface area (Å²) in [6, 6.07) is 0. The summed E-state index contributed by atoms with van der Waals surface area (Å²) in [5, 5.41) is 0. The van der Waals surface area contributed by atoms with Crippen molar-refractivity contribution in [2.75, 3.05) is 0 Å². The zero-order chi connectivity index (χ0) is 30.6. The number of allylic oxidation sites excluding steroid dienone is 2. The molecule has 0 bridgehead atoms. The van der Waals surface area contributed by atoms with Gasteiger partial charge in [-0.2, -0.15) is 0 Å². The zero-order valence-corrected chi connectivity index (χ0v) is 19.3. The Kier molecular flexibility index (Phi) is 8.02. The molecule has 3 aromatic rings. The van der Waals surface area contributed by atoms with E-state index in [0.717, 1.165) is 6.92 Å². The third-order valence-electron chi connectivity index (χ3n) is 6.08. The normalized spacial score (nSPS) is 12.1. The van der Waals surface area contributed by atoms with Gasteiger partial charge in [0.15, 0.2) is 52.4 Å². The molecule has 0 atom stereocenters. The molecule has 0 aromatic heterocycles. The van der Waals surface area contributed by atoms with Gasteiger partial charge in [-0.3, -0.25) is 0 Å². The second kappa shape index (κ2) is 10.5. The van der Waals surface area contributed by atoms with Gasteiger partial charge in [-0.1, -0.05) is 0 Å². The van der Waals surface area contributed by atoms with Gasteiger partial charge >= 0.3 is 0 Å². The van der Waals surface area contributed by atoms with E-state index in [1.807, 2.05) is 5.92 Å². The van der Waals surface area contributed by atoms with Gasteiger partial charge in [-0.25, -0.2) is 65.9 Å². The van der Waals surface area contributed by atoms with E-state index in [9.17, 15) is 39.5 Å². The van der Waals surface area contributed by atoms with Gasteiger partial charge < -0.3 is 0 Å². The molecular formula is C24H7BF15-. The predicted octanol–water partition coefficient (Wildman–Crippen LogP) is 5.75. The van der Waals surface area contributed by atoms with Gasteiger partial charge in [0.05, 0.1) is 0 Å². The Labute approximate surface area is 213 Å². The number of rotatable bonds is 4. The first-order valence-corrected chi connectivity index (χ1v) is 10.4. The van der Waals surface area contributed by atoms with Crippen molar-refractivity contribution in [1.29, 1.82) is 0 Å². The highest BCUT2D eigenvalue weighted by Crippen LogP contribution is 2.31. The van der Waals surface area contributed by atoms with Gasteiger partial charge in [0, 0.05) is 0 Å². The minimum Gasteiger partial charge on any atom is -0.207 e. The lowest BCUT2D eigenvalue weighted by Gasteiger charge is -2.44. The molecule has 0 saturated carbocycles. The predicted molar refractivity (Wildman–Crippen MR) is 111 cm³/mol. The minimum atomic E-state index is -5.80. The van der Waals surface area contributed by atoms with Gasteiger partial charge in [-0.15, -0.1) is 39.8 Å². The molecule has 0 heterocycles. The van der Waals surface area contributed by atoms with E-state index >= 15 is 26.3 Å². The average molecular weight is 591 g/mol. The molecule has 0 nitrogen and oxygen atoms in total. The van der Waals surface area contributed by atoms with Crippen LogP contribution in [-0.2, 0) is 0 Å². The summed E-state index contributed by atoms with van der Waals surface area (Å²) in [5.74, 6) is -42.3. The summed E-state index contributed by atoms with van der Waals surface area (Å²) in [6.07, 6.45) is -5.49. The molecule has 3 rings (SSSR count). The minimum absolute atomic E-state index is 0.310. The van der Waals surface area contributed by atoms with Gasteiger partial charge in [0.1, 0.15) is 41.0 Å². The molecule has 0 aliphatic carbocycles. The van der Waals surface area contributed by atoms with Crippen molar-refractivity contribution in [2.45, 2.75) is 13.8 Å². The van der Waals surface area contributed by atoms with Crippen molar-refractivity contribution in [3.05, 3.63) is 98.8 Å². The van der Waals surface area contributed by atoms with Crippen molar-refractivity contribution in [1.82, 2.24) is 0 Å². The Morgan fingerprint density at radius 3 is 0.800 bits per heavy atom. The molecule has 212 valence electrons. The second-order valence-corrected chi connectivity index (χ2v) is 7.94. The van der Waals surface area contributed by atoms with Crippen molar-refractivity contribution in [3.8, 4) is 11.8 Å². The van der Waals surface area contributed by atoms with Crippen LogP contribution in [0.25, 0.3) is 0 Å². The highest BCUT2D eigenvalue weighted by molar-refractivity contribution is 7.17. The van der Waals surface area contributed by atoms with Crippen LogP contribution in [0.4, 0.5) is 65.9 Å². The largest absolute Gasteiger partial charge is 0.207 e. The standard InChI is InChI=1S/C24H7BF15/c1-3-5-6(4-2)25(7-10(26)16(32)22(38)17(33)11(7)27,8-12(28)18(34)23(39)19(35)13(8)29)9-14(30)20(36)24(40)21(37)15(9)31/h4H,1-2H3/q-1. The first-order chi connectivity index (χ1) is 18.5. The Morgan fingerprint density at radius 2 is 0.625 bits per heavy atom. The Hall–Kier alpha value is -4.03. The molecule has 0 amide bonds. The summed E-state index contributed by atoms with van der Waals surface area (Å²) in [4.78, 5) is 0. The monoisotopic (exact) mass is 591 g/mol.